The number of rotatable bonds is 7. The van der Waals surface area contributed by atoms with Crippen molar-refractivity contribution in [1.29, 1.82) is 0 Å². The molecule has 0 heterocycles. The predicted octanol–water partition coefficient (Wildman–Crippen LogP) is 4.65. The molecule has 1 amide bonds. The number of unbranched alkanes of at least 4 members (excludes halogenated alkanes) is 1. The Morgan fingerprint density at radius 3 is 2.26 bits per heavy atom. The highest BCUT2D eigenvalue weighted by Gasteiger charge is 2.29. The summed E-state index contributed by atoms with van der Waals surface area (Å²) in [5.41, 5.74) is 0.357. The molecule has 0 unspecified atom stereocenters. The van der Waals surface area contributed by atoms with Crippen LogP contribution < -0.4 is 5.32 Å². The minimum absolute atomic E-state index is 0.0864. The van der Waals surface area contributed by atoms with E-state index in [1.54, 1.807) is 6.92 Å². The monoisotopic (exact) mass is 319 g/mol. The number of Topliss-reactive ketones (excluding diaryl/α,β-unsaturated/α-hetero) is 1. The van der Waals surface area contributed by atoms with Crippen LogP contribution in [0.4, 0.5) is 4.79 Å². The fourth-order valence-corrected chi connectivity index (χ4v) is 2.54. The van der Waals surface area contributed by atoms with Gasteiger partial charge in [-0.3, -0.25) is 4.79 Å². The van der Waals surface area contributed by atoms with E-state index in [-0.39, 0.29) is 17.7 Å². The van der Waals surface area contributed by atoms with Gasteiger partial charge in [-0.25, -0.2) is 4.79 Å². The van der Waals surface area contributed by atoms with E-state index >= 15 is 0 Å². The molecule has 23 heavy (non-hydrogen) atoms. The lowest BCUT2D eigenvalue weighted by atomic mass is 9.86. The highest BCUT2D eigenvalue weighted by Crippen LogP contribution is 2.28. The van der Waals surface area contributed by atoms with Crippen LogP contribution in [0.1, 0.15) is 65.5 Å². The number of hydrogen-bond donors (Lipinski definition) is 1. The predicted molar refractivity (Wildman–Crippen MR) is 92.2 cm³/mol. The third kappa shape index (κ3) is 6.85. The third-order valence-electron chi connectivity index (χ3n) is 3.62. The first kappa shape index (κ1) is 19.2. The van der Waals surface area contributed by atoms with Crippen molar-refractivity contribution in [3.63, 3.8) is 0 Å². The number of carbonyl (C=O) groups is 2. The highest BCUT2D eigenvalue weighted by atomic mass is 16.6. The largest absolute Gasteiger partial charge is 0.444 e. The van der Waals surface area contributed by atoms with Gasteiger partial charge in [0, 0.05) is 5.92 Å². The second-order valence-corrected chi connectivity index (χ2v) is 6.89. The van der Waals surface area contributed by atoms with Crippen molar-refractivity contribution >= 4 is 11.9 Å². The fraction of sp³-hybridized carbons (Fsp3) is 0.579. The van der Waals surface area contributed by atoms with Gasteiger partial charge in [0.25, 0.3) is 0 Å². The average Bonchev–Trinajstić information content (AvgIpc) is 2.45. The van der Waals surface area contributed by atoms with Crippen molar-refractivity contribution < 1.29 is 14.3 Å². The average molecular weight is 319 g/mol. The Labute approximate surface area is 139 Å². The molecule has 0 aliphatic rings. The third-order valence-corrected chi connectivity index (χ3v) is 3.62. The van der Waals surface area contributed by atoms with Crippen LogP contribution in [0.2, 0.25) is 0 Å². The molecule has 0 spiro atoms. The second kappa shape index (κ2) is 8.70. The van der Waals surface area contributed by atoms with Gasteiger partial charge in [0.05, 0.1) is 6.04 Å². The summed E-state index contributed by atoms with van der Waals surface area (Å²) < 4.78 is 5.36. The van der Waals surface area contributed by atoms with E-state index in [0.29, 0.717) is 0 Å². The first-order valence-corrected chi connectivity index (χ1v) is 8.29. The van der Waals surface area contributed by atoms with Gasteiger partial charge in [-0.2, -0.15) is 0 Å². The van der Waals surface area contributed by atoms with Crippen molar-refractivity contribution in [1.82, 2.24) is 5.32 Å². The van der Waals surface area contributed by atoms with Gasteiger partial charge in [-0.15, -0.1) is 0 Å². The summed E-state index contributed by atoms with van der Waals surface area (Å²) in [6.45, 7) is 9.15. The molecule has 0 saturated heterocycles. The zero-order valence-electron chi connectivity index (χ0n) is 14.9. The van der Waals surface area contributed by atoms with Crippen molar-refractivity contribution in [3.05, 3.63) is 35.9 Å². The summed E-state index contributed by atoms with van der Waals surface area (Å²) in [6, 6.07) is 9.25. The quantitative estimate of drug-likeness (QED) is 0.796. The van der Waals surface area contributed by atoms with Crippen molar-refractivity contribution in [2.24, 2.45) is 5.92 Å². The van der Waals surface area contributed by atoms with Crippen LogP contribution in [0.5, 0.6) is 0 Å². The summed E-state index contributed by atoms with van der Waals surface area (Å²) in [4.78, 5) is 24.3. The number of benzene rings is 1. The van der Waals surface area contributed by atoms with Crippen LogP contribution >= 0.6 is 0 Å². The topological polar surface area (TPSA) is 55.4 Å². The van der Waals surface area contributed by atoms with E-state index < -0.39 is 11.7 Å². The molecule has 0 saturated carbocycles. The van der Waals surface area contributed by atoms with Gasteiger partial charge >= 0.3 is 6.09 Å². The Bertz CT molecular complexity index is 505. The number of nitrogens with one attached hydrogen (secondary N) is 1. The molecule has 128 valence electrons. The molecule has 0 aliphatic carbocycles. The maximum absolute atomic E-state index is 12.2. The van der Waals surface area contributed by atoms with Crippen LogP contribution in [0, 0.1) is 5.92 Å². The number of hydrogen-bond acceptors (Lipinski definition) is 3. The molecule has 0 fully saturated rings. The Morgan fingerprint density at radius 2 is 1.78 bits per heavy atom. The molecule has 0 aromatic heterocycles. The second-order valence-electron chi connectivity index (χ2n) is 6.89. The first-order chi connectivity index (χ1) is 10.7. The van der Waals surface area contributed by atoms with E-state index in [4.69, 9.17) is 4.74 Å². The zero-order chi connectivity index (χ0) is 17.5. The minimum Gasteiger partial charge on any atom is -0.444 e. The van der Waals surface area contributed by atoms with Gasteiger partial charge in [0.2, 0.25) is 0 Å². The lowest BCUT2D eigenvalue weighted by molar-refractivity contribution is -0.121. The molecule has 1 aromatic rings. The normalized spacial score (nSPS) is 14.0. The van der Waals surface area contributed by atoms with Gasteiger partial charge in [0.15, 0.2) is 0 Å². The molecule has 2 atom stereocenters. The Kier molecular flexibility index (Phi) is 7.27. The van der Waals surface area contributed by atoms with Crippen LogP contribution in [-0.2, 0) is 9.53 Å². The van der Waals surface area contributed by atoms with E-state index in [1.165, 1.54) is 0 Å². The summed E-state index contributed by atoms with van der Waals surface area (Å²) in [7, 11) is 0. The molecule has 1 rings (SSSR count). The highest BCUT2D eigenvalue weighted by molar-refractivity contribution is 5.80. The van der Waals surface area contributed by atoms with Gasteiger partial charge in [-0.1, -0.05) is 50.1 Å². The zero-order valence-corrected chi connectivity index (χ0v) is 14.9. The Morgan fingerprint density at radius 1 is 1.17 bits per heavy atom. The summed E-state index contributed by atoms with van der Waals surface area (Å²) in [5, 5.41) is 2.90. The van der Waals surface area contributed by atoms with Gasteiger partial charge in [0.1, 0.15) is 11.4 Å². The van der Waals surface area contributed by atoms with Crippen molar-refractivity contribution in [2.75, 3.05) is 0 Å². The van der Waals surface area contributed by atoms with Crippen LogP contribution in [0.3, 0.4) is 0 Å². The standard InChI is InChI=1S/C19H29NO3/c1-6-7-13-16(14(2)21)17(15-11-9-8-10-12-15)20-18(22)23-19(3,4)5/h8-12,16-17H,6-7,13H2,1-5H3,(H,20,22)/t16-,17-/m1/s1. The molecule has 0 bridgehead atoms. The van der Waals surface area contributed by atoms with Crippen LogP contribution in [-0.4, -0.2) is 17.5 Å². The smallest absolute Gasteiger partial charge is 0.408 e. The fourth-order valence-electron chi connectivity index (χ4n) is 2.54. The first-order valence-electron chi connectivity index (χ1n) is 8.29. The van der Waals surface area contributed by atoms with E-state index in [1.807, 2.05) is 51.1 Å². The van der Waals surface area contributed by atoms with Crippen molar-refractivity contribution in [2.45, 2.75) is 65.5 Å². The molecule has 0 radical (unpaired) electrons. The molecule has 1 aromatic carbocycles. The number of ether oxygens (including phenoxy) is 1. The Balaban J connectivity index is 3.01. The molecule has 1 N–H and O–H groups in total. The summed E-state index contributed by atoms with van der Waals surface area (Å²) >= 11 is 0. The maximum atomic E-state index is 12.2. The minimum atomic E-state index is -0.569. The molecule has 4 nitrogen and oxygen atoms in total. The lowest BCUT2D eigenvalue weighted by Crippen LogP contribution is -2.39. The van der Waals surface area contributed by atoms with Gasteiger partial charge in [-0.05, 0) is 39.7 Å². The number of ketones is 1. The number of carbonyl (C=O) groups excluding carboxylic acids is 2. The van der Waals surface area contributed by atoms with E-state index in [0.717, 1.165) is 24.8 Å². The summed E-state index contributed by atoms with van der Waals surface area (Å²) in [6.07, 6.45) is 2.22. The van der Waals surface area contributed by atoms with Crippen molar-refractivity contribution in [3.8, 4) is 0 Å². The Hall–Kier alpha value is -1.84. The summed E-state index contributed by atoms with van der Waals surface area (Å²) in [5.74, 6) is -0.159. The van der Waals surface area contributed by atoms with Crippen LogP contribution in [0.15, 0.2) is 30.3 Å². The van der Waals surface area contributed by atoms with E-state index in [9.17, 15) is 9.59 Å². The number of alkyl carbamates (subject to hydrolysis) is 1. The SMILES string of the molecule is CCCC[C@H](C(C)=O)[C@H](NC(=O)OC(C)(C)C)c1ccccc1. The molecular weight excluding hydrogens is 290 g/mol. The number of amides is 1. The molecule has 4 heteroatoms. The maximum Gasteiger partial charge on any atom is 0.408 e. The van der Waals surface area contributed by atoms with Gasteiger partial charge < -0.3 is 10.1 Å². The van der Waals surface area contributed by atoms with Crippen LogP contribution in [0.25, 0.3) is 0 Å². The lowest BCUT2D eigenvalue weighted by Gasteiger charge is -2.28. The molecule has 0 aliphatic heterocycles. The van der Waals surface area contributed by atoms with E-state index in [2.05, 4.69) is 12.2 Å². The molecular formula is C19H29NO3.